The van der Waals surface area contributed by atoms with Crippen LogP contribution in [0.2, 0.25) is 0 Å². The van der Waals surface area contributed by atoms with E-state index < -0.39 is 17.8 Å². The highest BCUT2D eigenvalue weighted by atomic mass is 16.6. The molecule has 1 aromatic carbocycles. The zero-order valence-corrected chi connectivity index (χ0v) is 10.00. The maximum Gasteiger partial charge on any atom is 0.326 e. The first-order valence-corrected chi connectivity index (χ1v) is 5.89. The minimum atomic E-state index is -0.606. The van der Waals surface area contributed by atoms with Gasteiger partial charge >= 0.3 is 5.97 Å². The normalized spacial score (nSPS) is 20.4. The molecule has 0 saturated carbocycles. The van der Waals surface area contributed by atoms with Crippen molar-refractivity contribution in [3.05, 3.63) is 35.4 Å². The number of fused-ring (bicyclic) bond motifs is 1. The summed E-state index contributed by atoms with van der Waals surface area (Å²) in [5.41, 5.74) is 0.650. The van der Waals surface area contributed by atoms with Gasteiger partial charge in [-0.3, -0.25) is 19.3 Å². The Morgan fingerprint density at radius 3 is 2.37 bits per heavy atom. The number of epoxide rings is 1. The number of hydrogen-bond acceptors (Lipinski definition) is 5. The third-order valence-corrected chi connectivity index (χ3v) is 3.00. The van der Waals surface area contributed by atoms with Gasteiger partial charge in [0.2, 0.25) is 0 Å². The summed E-state index contributed by atoms with van der Waals surface area (Å²) in [4.78, 5) is 36.4. The maximum absolute atomic E-state index is 12.0. The number of hydrogen-bond donors (Lipinski definition) is 0. The van der Waals surface area contributed by atoms with E-state index in [9.17, 15) is 14.4 Å². The summed E-state index contributed by atoms with van der Waals surface area (Å²) in [6, 6.07) is 6.49. The highest BCUT2D eigenvalue weighted by molar-refractivity contribution is 6.22. The van der Waals surface area contributed by atoms with Crippen LogP contribution in [0.25, 0.3) is 0 Å². The van der Waals surface area contributed by atoms with Gasteiger partial charge in [-0.1, -0.05) is 12.1 Å². The lowest BCUT2D eigenvalue weighted by Gasteiger charge is -2.12. The van der Waals surface area contributed by atoms with Crippen LogP contribution >= 0.6 is 0 Å². The van der Waals surface area contributed by atoms with Crippen LogP contribution in [0.4, 0.5) is 0 Å². The molecule has 1 atom stereocenters. The third kappa shape index (κ3) is 2.22. The van der Waals surface area contributed by atoms with Gasteiger partial charge in [-0.15, -0.1) is 0 Å². The molecular weight excluding hydrogens is 250 g/mol. The Morgan fingerprint density at radius 1 is 1.26 bits per heavy atom. The van der Waals surface area contributed by atoms with E-state index in [1.807, 2.05) is 0 Å². The van der Waals surface area contributed by atoms with Crippen molar-refractivity contribution in [2.45, 2.75) is 6.10 Å². The van der Waals surface area contributed by atoms with Crippen molar-refractivity contribution >= 4 is 17.8 Å². The summed E-state index contributed by atoms with van der Waals surface area (Å²) in [5, 5.41) is 0. The second-order valence-electron chi connectivity index (χ2n) is 4.38. The van der Waals surface area contributed by atoms with E-state index >= 15 is 0 Å². The van der Waals surface area contributed by atoms with Crippen LogP contribution in [0.1, 0.15) is 20.7 Å². The molecule has 1 saturated heterocycles. The molecule has 0 radical (unpaired) electrons. The average Bonchev–Trinajstić information content (AvgIpc) is 3.22. The molecule has 98 valence electrons. The lowest BCUT2D eigenvalue weighted by Crippen LogP contribution is -2.36. The second kappa shape index (κ2) is 4.47. The number of nitrogens with zero attached hydrogens (tertiary/aromatic N) is 1. The quantitative estimate of drug-likeness (QED) is 0.440. The molecule has 0 aliphatic carbocycles. The number of imide groups is 1. The van der Waals surface area contributed by atoms with Crippen LogP contribution in [-0.4, -0.2) is 48.5 Å². The fraction of sp³-hybridized carbons (Fsp3) is 0.308. The minimum Gasteiger partial charge on any atom is -0.461 e. The first-order chi connectivity index (χ1) is 9.16. The highest BCUT2D eigenvalue weighted by Gasteiger charge is 2.36. The highest BCUT2D eigenvalue weighted by Crippen LogP contribution is 2.22. The van der Waals surface area contributed by atoms with E-state index in [4.69, 9.17) is 9.47 Å². The van der Waals surface area contributed by atoms with Crippen molar-refractivity contribution < 1.29 is 23.9 Å². The largest absolute Gasteiger partial charge is 0.461 e. The number of carbonyl (C=O) groups excluding carboxylic acids is 3. The molecule has 0 spiro atoms. The molecule has 3 rings (SSSR count). The zero-order valence-electron chi connectivity index (χ0n) is 10.00. The molecule has 2 amide bonds. The van der Waals surface area contributed by atoms with Crippen LogP contribution in [0.15, 0.2) is 24.3 Å². The van der Waals surface area contributed by atoms with E-state index in [-0.39, 0.29) is 19.3 Å². The van der Waals surface area contributed by atoms with Gasteiger partial charge < -0.3 is 9.47 Å². The Bertz CT molecular complexity index is 529. The van der Waals surface area contributed by atoms with Crippen LogP contribution in [0.3, 0.4) is 0 Å². The topological polar surface area (TPSA) is 76.2 Å². The van der Waals surface area contributed by atoms with Gasteiger partial charge in [-0.05, 0) is 12.1 Å². The summed E-state index contributed by atoms with van der Waals surface area (Å²) < 4.78 is 9.81. The summed E-state index contributed by atoms with van der Waals surface area (Å²) in [5.74, 6) is -1.52. The monoisotopic (exact) mass is 261 g/mol. The van der Waals surface area contributed by atoms with Crippen molar-refractivity contribution in [2.24, 2.45) is 0 Å². The number of esters is 1. The first-order valence-electron chi connectivity index (χ1n) is 5.89. The Labute approximate surface area is 108 Å². The molecule has 1 aromatic rings. The molecule has 0 N–H and O–H groups in total. The molecule has 6 nitrogen and oxygen atoms in total. The molecule has 2 aliphatic heterocycles. The summed E-state index contributed by atoms with van der Waals surface area (Å²) >= 11 is 0. The molecule has 1 fully saturated rings. The predicted molar refractivity (Wildman–Crippen MR) is 62.5 cm³/mol. The SMILES string of the molecule is O=C(CN1C(=O)c2ccccc2C1=O)OCC1CO1. The van der Waals surface area contributed by atoms with Crippen LogP contribution < -0.4 is 0 Å². The molecular formula is C13H11NO5. The molecule has 0 bridgehead atoms. The number of benzene rings is 1. The van der Waals surface area contributed by atoms with Gasteiger partial charge in [0.05, 0.1) is 17.7 Å². The fourth-order valence-corrected chi connectivity index (χ4v) is 1.91. The number of ether oxygens (including phenoxy) is 2. The van der Waals surface area contributed by atoms with Crippen LogP contribution in [-0.2, 0) is 14.3 Å². The Hall–Kier alpha value is -2.21. The summed E-state index contributed by atoms with van der Waals surface area (Å²) in [6.45, 7) is 0.390. The first kappa shape index (κ1) is 11.9. The second-order valence-corrected chi connectivity index (χ2v) is 4.38. The van der Waals surface area contributed by atoms with Crippen molar-refractivity contribution in [2.75, 3.05) is 19.8 Å². The Balaban J connectivity index is 1.67. The standard InChI is InChI=1S/C13H11NO5/c15-11(19-7-8-6-18-8)5-14-12(16)9-3-1-2-4-10(9)13(14)17/h1-4,8H,5-7H2. The van der Waals surface area contributed by atoms with Crippen LogP contribution in [0.5, 0.6) is 0 Å². The smallest absolute Gasteiger partial charge is 0.326 e. The van der Waals surface area contributed by atoms with Gasteiger partial charge in [0.1, 0.15) is 19.3 Å². The summed E-state index contributed by atoms with van der Waals surface area (Å²) in [6.07, 6.45) is -0.0360. The van der Waals surface area contributed by atoms with E-state index in [0.717, 1.165) is 4.90 Å². The van der Waals surface area contributed by atoms with Crippen LogP contribution in [0, 0.1) is 0 Å². The van der Waals surface area contributed by atoms with Crippen molar-refractivity contribution in [1.82, 2.24) is 4.90 Å². The number of amides is 2. The number of carbonyl (C=O) groups is 3. The van der Waals surface area contributed by atoms with E-state index in [0.29, 0.717) is 17.7 Å². The third-order valence-electron chi connectivity index (χ3n) is 3.00. The zero-order chi connectivity index (χ0) is 13.4. The van der Waals surface area contributed by atoms with Crippen molar-refractivity contribution in [3.8, 4) is 0 Å². The molecule has 19 heavy (non-hydrogen) atoms. The lowest BCUT2D eigenvalue weighted by molar-refractivity contribution is -0.144. The molecule has 2 aliphatic rings. The van der Waals surface area contributed by atoms with Gasteiger partial charge in [-0.25, -0.2) is 0 Å². The van der Waals surface area contributed by atoms with E-state index in [2.05, 4.69) is 0 Å². The van der Waals surface area contributed by atoms with E-state index in [1.165, 1.54) is 0 Å². The van der Waals surface area contributed by atoms with Crippen molar-refractivity contribution in [1.29, 1.82) is 0 Å². The molecule has 6 heteroatoms. The summed E-state index contributed by atoms with van der Waals surface area (Å²) in [7, 11) is 0. The average molecular weight is 261 g/mol. The molecule has 0 aromatic heterocycles. The lowest BCUT2D eigenvalue weighted by atomic mass is 10.1. The van der Waals surface area contributed by atoms with Gasteiger partial charge in [0.15, 0.2) is 0 Å². The van der Waals surface area contributed by atoms with Gasteiger partial charge in [0, 0.05) is 0 Å². The van der Waals surface area contributed by atoms with Gasteiger partial charge in [0.25, 0.3) is 11.8 Å². The Morgan fingerprint density at radius 2 is 1.84 bits per heavy atom. The number of rotatable bonds is 4. The van der Waals surface area contributed by atoms with Crippen molar-refractivity contribution in [3.63, 3.8) is 0 Å². The maximum atomic E-state index is 12.0. The van der Waals surface area contributed by atoms with Gasteiger partial charge in [-0.2, -0.15) is 0 Å². The predicted octanol–water partition coefficient (Wildman–Crippen LogP) is 0.225. The molecule has 1 unspecified atom stereocenters. The minimum absolute atomic E-state index is 0.0360. The fourth-order valence-electron chi connectivity index (χ4n) is 1.91. The molecule has 2 heterocycles. The Kier molecular flexibility index (Phi) is 2.79. The van der Waals surface area contributed by atoms with E-state index in [1.54, 1.807) is 24.3 Å².